The topological polar surface area (TPSA) is 49.3 Å². The van der Waals surface area contributed by atoms with Crippen molar-refractivity contribution in [2.45, 2.75) is 45.1 Å². The molecule has 0 saturated heterocycles. The Morgan fingerprint density at radius 2 is 1.94 bits per heavy atom. The largest absolute Gasteiger partial charge is 0.480 e. The second-order valence-corrected chi connectivity index (χ2v) is 5.44. The zero-order valence-electron chi connectivity index (χ0n) is 10.9. The van der Waals surface area contributed by atoms with Crippen LogP contribution in [-0.2, 0) is 4.79 Å². The molecule has 0 bridgehead atoms. The molecule has 0 aromatic heterocycles. The molecule has 0 aliphatic heterocycles. The van der Waals surface area contributed by atoms with Crippen molar-refractivity contribution in [2.24, 2.45) is 0 Å². The van der Waals surface area contributed by atoms with Crippen molar-refractivity contribution in [3.63, 3.8) is 0 Å². The molecule has 0 atom stereocenters. The van der Waals surface area contributed by atoms with E-state index in [2.05, 4.69) is 21.2 Å². The van der Waals surface area contributed by atoms with E-state index in [1.165, 1.54) is 0 Å². The fraction of sp³-hybridized carbons (Fsp3) is 0.500. The Bertz CT molecular complexity index is 401. The second kappa shape index (κ2) is 6.78. The SMILES string of the molecule is CCCC(CCC)(Nc1cccc(Br)c1)C(=O)O. The summed E-state index contributed by atoms with van der Waals surface area (Å²) < 4.78 is 0.944. The fourth-order valence-corrected chi connectivity index (χ4v) is 2.61. The van der Waals surface area contributed by atoms with E-state index >= 15 is 0 Å². The third-order valence-corrected chi connectivity index (χ3v) is 3.46. The van der Waals surface area contributed by atoms with E-state index in [0.29, 0.717) is 12.8 Å². The summed E-state index contributed by atoms with van der Waals surface area (Å²) in [5, 5.41) is 12.7. The van der Waals surface area contributed by atoms with Gasteiger partial charge >= 0.3 is 5.97 Å². The molecule has 0 fully saturated rings. The minimum atomic E-state index is -0.857. The van der Waals surface area contributed by atoms with E-state index in [-0.39, 0.29) is 0 Å². The molecule has 1 rings (SSSR count). The summed E-state index contributed by atoms with van der Waals surface area (Å²) in [4.78, 5) is 11.6. The van der Waals surface area contributed by atoms with Crippen molar-refractivity contribution >= 4 is 27.6 Å². The zero-order chi connectivity index (χ0) is 13.6. The lowest BCUT2D eigenvalue weighted by Crippen LogP contribution is -2.46. The monoisotopic (exact) mass is 313 g/mol. The third kappa shape index (κ3) is 3.73. The van der Waals surface area contributed by atoms with E-state index in [1.807, 2.05) is 38.1 Å². The van der Waals surface area contributed by atoms with Gasteiger partial charge < -0.3 is 10.4 Å². The summed E-state index contributed by atoms with van der Waals surface area (Å²) in [6, 6.07) is 7.63. The Hall–Kier alpha value is -1.03. The Labute approximate surface area is 117 Å². The average Bonchev–Trinajstić information content (AvgIpc) is 2.29. The lowest BCUT2D eigenvalue weighted by atomic mass is 9.88. The highest BCUT2D eigenvalue weighted by Gasteiger charge is 2.36. The van der Waals surface area contributed by atoms with Gasteiger partial charge in [-0.05, 0) is 31.0 Å². The summed E-state index contributed by atoms with van der Waals surface area (Å²) >= 11 is 3.40. The first-order valence-corrected chi connectivity index (χ1v) is 7.10. The van der Waals surface area contributed by atoms with Gasteiger partial charge in [-0.15, -0.1) is 0 Å². The van der Waals surface area contributed by atoms with Gasteiger partial charge in [0.2, 0.25) is 0 Å². The van der Waals surface area contributed by atoms with Crippen LogP contribution in [0, 0.1) is 0 Å². The highest BCUT2D eigenvalue weighted by Crippen LogP contribution is 2.27. The molecular weight excluding hydrogens is 294 g/mol. The lowest BCUT2D eigenvalue weighted by molar-refractivity contribution is -0.142. The number of nitrogens with one attached hydrogen (secondary N) is 1. The summed E-state index contributed by atoms with van der Waals surface area (Å²) in [5.41, 5.74) is -0.0155. The van der Waals surface area contributed by atoms with Crippen LogP contribution >= 0.6 is 15.9 Å². The van der Waals surface area contributed by atoms with Crippen LogP contribution in [-0.4, -0.2) is 16.6 Å². The lowest BCUT2D eigenvalue weighted by Gasteiger charge is -2.31. The van der Waals surface area contributed by atoms with Crippen LogP contribution in [0.25, 0.3) is 0 Å². The van der Waals surface area contributed by atoms with Crippen molar-refractivity contribution in [3.05, 3.63) is 28.7 Å². The standard InChI is InChI=1S/C14H20BrNO2/c1-3-8-14(9-4-2,13(17)18)16-12-7-5-6-11(15)10-12/h5-7,10,16H,3-4,8-9H2,1-2H3,(H,17,18). The maximum atomic E-state index is 11.6. The molecule has 0 spiro atoms. The molecule has 0 aliphatic carbocycles. The molecule has 0 heterocycles. The van der Waals surface area contributed by atoms with E-state index in [0.717, 1.165) is 23.0 Å². The maximum Gasteiger partial charge on any atom is 0.329 e. The molecule has 0 saturated carbocycles. The highest BCUT2D eigenvalue weighted by molar-refractivity contribution is 9.10. The van der Waals surface area contributed by atoms with Gasteiger partial charge in [-0.2, -0.15) is 0 Å². The average molecular weight is 314 g/mol. The van der Waals surface area contributed by atoms with Gasteiger partial charge in [-0.1, -0.05) is 48.7 Å². The van der Waals surface area contributed by atoms with Crippen LogP contribution in [0.3, 0.4) is 0 Å². The molecule has 0 unspecified atom stereocenters. The van der Waals surface area contributed by atoms with Crippen molar-refractivity contribution in [1.29, 1.82) is 0 Å². The number of hydrogen-bond acceptors (Lipinski definition) is 2. The first-order chi connectivity index (χ1) is 8.54. The number of aliphatic carboxylic acids is 1. The Balaban J connectivity index is 2.99. The van der Waals surface area contributed by atoms with Gasteiger partial charge in [0, 0.05) is 10.2 Å². The molecule has 100 valence electrons. The molecule has 2 N–H and O–H groups in total. The van der Waals surface area contributed by atoms with Crippen LogP contribution in [0.4, 0.5) is 5.69 Å². The van der Waals surface area contributed by atoms with Crippen molar-refractivity contribution in [1.82, 2.24) is 0 Å². The van der Waals surface area contributed by atoms with Crippen LogP contribution in [0.5, 0.6) is 0 Å². The summed E-state index contributed by atoms with van der Waals surface area (Å²) in [7, 11) is 0. The smallest absolute Gasteiger partial charge is 0.329 e. The number of anilines is 1. The van der Waals surface area contributed by atoms with Gasteiger partial charge in [0.1, 0.15) is 5.54 Å². The number of hydrogen-bond donors (Lipinski definition) is 2. The van der Waals surface area contributed by atoms with Gasteiger partial charge in [-0.25, -0.2) is 4.79 Å². The highest BCUT2D eigenvalue weighted by atomic mass is 79.9. The Morgan fingerprint density at radius 1 is 1.33 bits per heavy atom. The summed E-state index contributed by atoms with van der Waals surface area (Å²) in [6.07, 6.45) is 2.94. The van der Waals surface area contributed by atoms with E-state index in [9.17, 15) is 9.90 Å². The van der Waals surface area contributed by atoms with Crippen molar-refractivity contribution < 1.29 is 9.90 Å². The molecule has 1 aromatic rings. The third-order valence-electron chi connectivity index (χ3n) is 2.97. The molecule has 0 radical (unpaired) electrons. The number of carbonyl (C=O) groups is 1. The molecular formula is C14H20BrNO2. The Kier molecular flexibility index (Phi) is 5.66. The molecule has 1 aromatic carbocycles. The summed E-state index contributed by atoms with van der Waals surface area (Å²) in [5.74, 6) is -0.772. The predicted molar refractivity (Wildman–Crippen MR) is 77.9 cm³/mol. The van der Waals surface area contributed by atoms with E-state index < -0.39 is 11.5 Å². The van der Waals surface area contributed by atoms with Crippen LogP contribution < -0.4 is 5.32 Å². The Morgan fingerprint density at radius 3 is 2.39 bits per heavy atom. The number of carboxylic acid groups (broad SMARTS) is 1. The zero-order valence-corrected chi connectivity index (χ0v) is 12.5. The van der Waals surface area contributed by atoms with Crippen LogP contribution in [0.2, 0.25) is 0 Å². The van der Waals surface area contributed by atoms with Crippen molar-refractivity contribution in [3.8, 4) is 0 Å². The normalized spacial score (nSPS) is 11.3. The minimum Gasteiger partial charge on any atom is -0.480 e. The quantitative estimate of drug-likeness (QED) is 0.789. The first kappa shape index (κ1) is 15.0. The van der Waals surface area contributed by atoms with Gasteiger partial charge in [-0.3, -0.25) is 0 Å². The van der Waals surface area contributed by atoms with E-state index in [1.54, 1.807) is 0 Å². The molecule has 3 nitrogen and oxygen atoms in total. The number of benzene rings is 1. The minimum absolute atomic E-state index is 0.628. The first-order valence-electron chi connectivity index (χ1n) is 6.31. The predicted octanol–water partition coefficient (Wildman–Crippen LogP) is 4.28. The number of rotatable bonds is 7. The molecule has 0 aliphatic rings. The van der Waals surface area contributed by atoms with Crippen LogP contribution in [0.15, 0.2) is 28.7 Å². The van der Waals surface area contributed by atoms with Crippen LogP contribution in [0.1, 0.15) is 39.5 Å². The number of carboxylic acids is 1. The molecule has 18 heavy (non-hydrogen) atoms. The second-order valence-electron chi connectivity index (χ2n) is 4.52. The molecule has 0 amide bonds. The maximum absolute atomic E-state index is 11.6. The van der Waals surface area contributed by atoms with Crippen molar-refractivity contribution in [2.75, 3.05) is 5.32 Å². The van der Waals surface area contributed by atoms with Gasteiger partial charge in [0.05, 0.1) is 0 Å². The molecule has 4 heteroatoms. The fourth-order valence-electron chi connectivity index (χ4n) is 2.21. The van der Waals surface area contributed by atoms with Gasteiger partial charge in [0.15, 0.2) is 0 Å². The van der Waals surface area contributed by atoms with Gasteiger partial charge in [0.25, 0.3) is 0 Å². The summed E-state index contributed by atoms with van der Waals surface area (Å²) in [6.45, 7) is 4.02. The van der Waals surface area contributed by atoms with E-state index in [4.69, 9.17) is 0 Å². The number of halogens is 1.